The number of aliphatic hydroxyl groups excluding tert-OH is 1. The lowest BCUT2D eigenvalue weighted by atomic mass is 9.89. The van der Waals surface area contributed by atoms with Crippen molar-refractivity contribution in [3.8, 4) is 6.07 Å². The Morgan fingerprint density at radius 3 is 2.38 bits per heavy atom. The van der Waals surface area contributed by atoms with Gasteiger partial charge in [0.25, 0.3) is 0 Å². The number of benzene rings is 1. The van der Waals surface area contributed by atoms with Crippen LogP contribution in [0.4, 0.5) is 4.79 Å². The van der Waals surface area contributed by atoms with Gasteiger partial charge in [0.15, 0.2) is 0 Å². The molecule has 21 heavy (non-hydrogen) atoms. The van der Waals surface area contributed by atoms with Crippen LogP contribution >= 0.6 is 0 Å². The molecule has 0 aliphatic carbocycles. The van der Waals surface area contributed by atoms with E-state index in [1.807, 2.05) is 39.8 Å². The average Bonchev–Trinajstić information content (AvgIpc) is 2.43. The molecule has 1 aromatic carbocycles. The van der Waals surface area contributed by atoms with Crippen molar-refractivity contribution in [2.45, 2.75) is 39.8 Å². The Kier molecular flexibility index (Phi) is 5.74. The predicted octanol–water partition coefficient (Wildman–Crippen LogP) is 2.33. The molecular weight excluding hydrogens is 266 g/mol. The van der Waals surface area contributed by atoms with Crippen LogP contribution in [0.3, 0.4) is 0 Å². The third-order valence-corrected chi connectivity index (χ3v) is 3.34. The molecule has 2 atom stereocenters. The van der Waals surface area contributed by atoms with E-state index in [1.165, 1.54) is 0 Å². The summed E-state index contributed by atoms with van der Waals surface area (Å²) in [4.78, 5) is 11.8. The maximum Gasteiger partial charge on any atom is 0.315 e. The first-order valence-electron chi connectivity index (χ1n) is 6.96. The number of hydrogen-bond acceptors (Lipinski definition) is 3. The smallest absolute Gasteiger partial charge is 0.315 e. The van der Waals surface area contributed by atoms with Crippen molar-refractivity contribution in [2.75, 3.05) is 6.54 Å². The number of carbonyl (C=O) groups excluding carboxylic acids is 1. The molecular formula is C16H23N3O2. The minimum Gasteiger partial charge on any atom is -0.391 e. The van der Waals surface area contributed by atoms with Gasteiger partial charge in [0.1, 0.15) is 0 Å². The zero-order valence-corrected chi connectivity index (χ0v) is 13.0. The van der Waals surface area contributed by atoms with Gasteiger partial charge in [-0.25, -0.2) is 4.79 Å². The number of urea groups is 1. The summed E-state index contributed by atoms with van der Waals surface area (Å²) in [5.41, 5.74) is 1.23. The van der Waals surface area contributed by atoms with Crippen LogP contribution in [0, 0.1) is 16.7 Å². The van der Waals surface area contributed by atoms with Gasteiger partial charge < -0.3 is 15.7 Å². The SMILES string of the molecule is CC(NC(=O)NCC(O)C(C)(C)C)c1ccc(C#N)cc1. The molecule has 0 radical (unpaired) electrons. The Bertz CT molecular complexity index is 512. The van der Waals surface area contributed by atoms with E-state index in [1.54, 1.807) is 12.1 Å². The average molecular weight is 289 g/mol. The molecule has 2 amide bonds. The highest BCUT2D eigenvalue weighted by molar-refractivity contribution is 5.74. The summed E-state index contributed by atoms with van der Waals surface area (Å²) in [6, 6.07) is 8.61. The fourth-order valence-electron chi connectivity index (χ4n) is 1.67. The highest BCUT2D eigenvalue weighted by atomic mass is 16.3. The second-order valence-corrected chi connectivity index (χ2v) is 6.19. The zero-order chi connectivity index (χ0) is 16.0. The van der Waals surface area contributed by atoms with Crippen molar-refractivity contribution in [3.05, 3.63) is 35.4 Å². The van der Waals surface area contributed by atoms with E-state index >= 15 is 0 Å². The Morgan fingerprint density at radius 2 is 1.90 bits per heavy atom. The molecule has 114 valence electrons. The third-order valence-electron chi connectivity index (χ3n) is 3.34. The van der Waals surface area contributed by atoms with Gasteiger partial charge in [-0.05, 0) is 30.0 Å². The number of aliphatic hydroxyl groups is 1. The normalized spacial score (nSPS) is 13.9. The lowest BCUT2D eigenvalue weighted by Crippen LogP contribution is -2.44. The van der Waals surface area contributed by atoms with Crippen molar-refractivity contribution in [1.82, 2.24) is 10.6 Å². The van der Waals surface area contributed by atoms with Crippen molar-refractivity contribution < 1.29 is 9.90 Å². The summed E-state index contributed by atoms with van der Waals surface area (Å²) in [6.07, 6.45) is -0.603. The summed E-state index contributed by atoms with van der Waals surface area (Å²) >= 11 is 0. The van der Waals surface area contributed by atoms with E-state index in [0.29, 0.717) is 5.56 Å². The highest BCUT2D eigenvalue weighted by Gasteiger charge is 2.22. The monoisotopic (exact) mass is 289 g/mol. The topological polar surface area (TPSA) is 85.2 Å². The number of carbonyl (C=O) groups is 1. The number of rotatable bonds is 4. The zero-order valence-electron chi connectivity index (χ0n) is 13.0. The molecule has 5 heteroatoms. The summed E-state index contributed by atoms with van der Waals surface area (Å²) in [5.74, 6) is 0. The van der Waals surface area contributed by atoms with Crippen LogP contribution in [-0.2, 0) is 0 Å². The Morgan fingerprint density at radius 1 is 1.33 bits per heavy atom. The van der Waals surface area contributed by atoms with E-state index < -0.39 is 6.10 Å². The molecule has 1 aromatic rings. The van der Waals surface area contributed by atoms with Crippen LogP contribution in [0.15, 0.2) is 24.3 Å². The minimum absolute atomic E-state index is 0.176. The van der Waals surface area contributed by atoms with Crippen molar-refractivity contribution >= 4 is 6.03 Å². The van der Waals surface area contributed by atoms with Gasteiger partial charge in [-0.15, -0.1) is 0 Å². The lowest BCUT2D eigenvalue weighted by molar-refractivity contribution is 0.0649. The van der Waals surface area contributed by atoms with Crippen molar-refractivity contribution in [3.63, 3.8) is 0 Å². The van der Waals surface area contributed by atoms with Gasteiger partial charge in [0.05, 0.1) is 23.8 Å². The first-order chi connectivity index (χ1) is 9.74. The Hall–Kier alpha value is -2.06. The van der Waals surface area contributed by atoms with Crippen LogP contribution in [0.1, 0.15) is 44.9 Å². The van der Waals surface area contributed by atoms with Crippen LogP contribution in [0.2, 0.25) is 0 Å². The second-order valence-electron chi connectivity index (χ2n) is 6.19. The molecule has 0 saturated heterocycles. The Labute approximate surface area is 126 Å². The molecule has 2 unspecified atom stereocenters. The predicted molar refractivity (Wildman–Crippen MR) is 81.6 cm³/mol. The molecule has 3 N–H and O–H groups in total. The number of nitrogens with one attached hydrogen (secondary N) is 2. The highest BCUT2D eigenvalue weighted by Crippen LogP contribution is 2.18. The maximum atomic E-state index is 11.8. The molecule has 5 nitrogen and oxygen atoms in total. The van der Waals surface area contributed by atoms with E-state index in [2.05, 4.69) is 16.7 Å². The molecule has 0 heterocycles. The molecule has 0 aliphatic rings. The van der Waals surface area contributed by atoms with Crippen LogP contribution in [-0.4, -0.2) is 23.8 Å². The molecule has 0 fully saturated rings. The summed E-state index contributed by atoms with van der Waals surface area (Å²) in [6.45, 7) is 7.81. The molecule has 0 aromatic heterocycles. The quantitative estimate of drug-likeness (QED) is 0.795. The minimum atomic E-state index is -0.603. The van der Waals surface area contributed by atoms with Gasteiger partial charge >= 0.3 is 6.03 Å². The van der Waals surface area contributed by atoms with Gasteiger partial charge in [-0.2, -0.15) is 5.26 Å². The van der Waals surface area contributed by atoms with Gasteiger partial charge in [-0.3, -0.25) is 0 Å². The summed E-state index contributed by atoms with van der Waals surface area (Å²) < 4.78 is 0. The fourth-order valence-corrected chi connectivity index (χ4v) is 1.67. The summed E-state index contributed by atoms with van der Waals surface area (Å²) in [5, 5.41) is 24.1. The van der Waals surface area contributed by atoms with Crippen LogP contribution in [0.5, 0.6) is 0 Å². The van der Waals surface area contributed by atoms with Crippen molar-refractivity contribution in [1.29, 1.82) is 5.26 Å². The lowest BCUT2D eigenvalue weighted by Gasteiger charge is -2.26. The number of amides is 2. The first kappa shape index (κ1) is 17.0. The van der Waals surface area contributed by atoms with E-state index in [-0.39, 0.29) is 24.0 Å². The molecule has 0 bridgehead atoms. The largest absolute Gasteiger partial charge is 0.391 e. The molecule has 0 spiro atoms. The van der Waals surface area contributed by atoms with Crippen LogP contribution < -0.4 is 10.6 Å². The molecule has 0 aliphatic heterocycles. The van der Waals surface area contributed by atoms with Gasteiger partial charge in [0.2, 0.25) is 0 Å². The van der Waals surface area contributed by atoms with E-state index in [0.717, 1.165) is 5.56 Å². The van der Waals surface area contributed by atoms with Gasteiger partial charge in [0, 0.05) is 6.54 Å². The summed E-state index contributed by atoms with van der Waals surface area (Å²) in [7, 11) is 0. The molecule has 0 saturated carbocycles. The number of nitriles is 1. The first-order valence-corrected chi connectivity index (χ1v) is 6.96. The fraction of sp³-hybridized carbons (Fsp3) is 0.500. The standard InChI is InChI=1S/C16H23N3O2/c1-11(13-7-5-12(9-17)6-8-13)19-15(21)18-10-14(20)16(2,3)4/h5-8,11,14,20H,10H2,1-4H3,(H2,18,19,21). The number of hydrogen-bond donors (Lipinski definition) is 3. The Balaban J connectivity index is 2.48. The van der Waals surface area contributed by atoms with Gasteiger partial charge in [-0.1, -0.05) is 32.9 Å². The van der Waals surface area contributed by atoms with Crippen molar-refractivity contribution in [2.24, 2.45) is 5.41 Å². The van der Waals surface area contributed by atoms with E-state index in [4.69, 9.17) is 5.26 Å². The third kappa shape index (κ3) is 5.44. The second kappa shape index (κ2) is 7.09. The molecule has 1 rings (SSSR count). The maximum absolute atomic E-state index is 11.8. The number of nitrogens with zero attached hydrogens (tertiary/aromatic N) is 1. The van der Waals surface area contributed by atoms with Crippen LogP contribution in [0.25, 0.3) is 0 Å². The van der Waals surface area contributed by atoms with E-state index in [9.17, 15) is 9.90 Å².